The van der Waals surface area contributed by atoms with Crippen molar-refractivity contribution in [3.05, 3.63) is 92.6 Å². The van der Waals surface area contributed by atoms with E-state index in [2.05, 4.69) is 25.9 Å². The van der Waals surface area contributed by atoms with Gasteiger partial charge in [-0.3, -0.25) is 20.1 Å². The molecule has 3 aromatic carbocycles. The van der Waals surface area contributed by atoms with Gasteiger partial charge in [-0.1, -0.05) is 18.2 Å². The molecule has 7 nitrogen and oxygen atoms in total. The predicted octanol–water partition coefficient (Wildman–Crippen LogP) is 7.17. The van der Waals surface area contributed by atoms with Gasteiger partial charge in [-0.05, 0) is 46.3 Å². The molecule has 1 aromatic heterocycles. The van der Waals surface area contributed by atoms with Gasteiger partial charge in [0, 0.05) is 35.5 Å². The zero-order valence-electron chi connectivity index (χ0n) is 17.0. The van der Waals surface area contributed by atoms with Gasteiger partial charge in [0.2, 0.25) is 0 Å². The zero-order chi connectivity index (χ0) is 24.5. The fraction of sp³-hybridized carbons (Fsp3) is 0.0435. The number of phenols is 1. The second kappa shape index (κ2) is 9.10. The van der Waals surface area contributed by atoms with E-state index in [4.69, 9.17) is 4.74 Å². The van der Waals surface area contributed by atoms with Crippen molar-refractivity contribution in [2.24, 2.45) is 4.99 Å². The maximum Gasteiger partial charge on any atom is 0.416 e. The number of aromatic nitrogens is 1. The lowest BCUT2D eigenvalue weighted by molar-refractivity contribution is -0.385. The summed E-state index contributed by atoms with van der Waals surface area (Å²) in [6.07, 6.45) is -2.05. The lowest BCUT2D eigenvalue weighted by Gasteiger charge is -2.13. The maximum absolute atomic E-state index is 13.3. The van der Waals surface area contributed by atoms with E-state index in [-0.39, 0.29) is 32.9 Å². The number of hydrogen-bond acceptors (Lipinski definition) is 6. The minimum Gasteiger partial charge on any atom is -0.506 e. The fourth-order valence-corrected chi connectivity index (χ4v) is 3.57. The number of para-hydroxylation sites is 1. The average Bonchev–Trinajstić information content (AvgIpc) is 2.80. The first-order valence-electron chi connectivity index (χ1n) is 9.57. The molecule has 0 saturated heterocycles. The minimum atomic E-state index is -4.64. The normalized spacial score (nSPS) is 11.8. The van der Waals surface area contributed by atoms with Gasteiger partial charge in [-0.2, -0.15) is 13.2 Å². The molecule has 0 bridgehead atoms. The molecular formula is C23H13BrF3N3O4. The van der Waals surface area contributed by atoms with Crippen molar-refractivity contribution in [3.63, 3.8) is 0 Å². The Morgan fingerprint density at radius 3 is 2.59 bits per heavy atom. The van der Waals surface area contributed by atoms with Crippen LogP contribution >= 0.6 is 15.9 Å². The lowest BCUT2D eigenvalue weighted by Crippen LogP contribution is -2.04. The van der Waals surface area contributed by atoms with Crippen molar-refractivity contribution in [2.45, 2.75) is 6.18 Å². The van der Waals surface area contributed by atoms with E-state index in [1.807, 2.05) is 12.1 Å². The van der Waals surface area contributed by atoms with Gasteiger partial charge in [0.25, 0.3) is 5.69 Å². The van der Waals surface area contributed by atoms with E-state index in [9.17, 15) is 28.4 Å². The number of benzene rings is 3. The second-order valence-corrected chi connectivity index (χ2v) is 7.85. The van der Waals surface area contributed by atoms with Gasteiger partial charge in [-0.15, -0.1) is 0 Å². The van der Waals surface area contributed by atoms with Gasteiger partial charge in [0.1, 0.15) is 17.0 Å². The highest BCUT2D eigenvalue weighted by atomic mass is 79.9. The molecule has 0 unspecified atom stereocenters. The Morgan fingerprint density at radius 1 is 1.09 bits per heavy atom. The van der Waals surface area contributed by atoms with Crippen molar-refractivity contribution in [3.8, 4) is 17.2 Å². The van der Waals surface area contributed by atoms with Crippen molar-refractivity contribution in [2.75, 3.05) is 0 Å². The van der Waals surface area contributed by atoms with Crippen LogP contribution in [0.4, 0.5) is 24.5 Å². The molecule has 0 saturated carbocycles. The highest BCUT2D eigenvalue weighted by Crippen LogP contribution is 2.40. The average molecular weight is 532 g/mol. The number of nitro benzene ring substituents is 1. The van der Waals surface area contributed by atoms with E-state index in [0.717, 1.165) is 41.9 Å². The highest BCUT2D eigenvalue weighted by Gasteiger charge is 2.31. The first-order chi connectivity index (χ1) is 16.1. The standard InChI is InChI=1S/C23H13BrF3N3O4/c24-17-11-16(30(32)33)9-14(22(17)31)12-29-18-10-15(23(25,26)27)6-7-19(18)34-20-5-1-3-13-4-2-8-28-21(13)20/h1-12,31H. The largest absolute Gasteiger partial charge is 0.506 e. The van der Waals surface area contributed by atoms with Gasteiger partial charge >= 0.3 is 6.18 Å². The molecule has 0 fully saturated rings. The smallest absolute Gasteiger partial charge is 0.416 e. The van der Waals surface area contributed by atoms with Gasteiger partial charge in [-0.25, -0.2) is 0 Å². The van der Waals surface area contributed by atoms with Crippen LogP contribution < -0.4 is 4.74 Å². The summed E-state index contributed by atoms with van der Waals surface area (Å²) in [7, 11) is 0. The summed E-state index contributed by atoms with van der Waals surface area (Å²) >= 11 is 3.01. The molecule has 0 aliphatic carbocycles. The van der Waals surface area contributed by atoms with Crippen molar-refractivity contribution in [1.82, 2.24) is 4.98 Å². The van der Waals surface area contributed by atoms with E-state index in [1.54, 1.807) is 24.4 Å². The number of ether oxygens (including phenoxy) is 1. The number of aliphatic imine (C=N–C) groups is 1. The predicted molar refractivity (Wildman–Crippen MR) is 123 cm³/mol. The van der Waals surface area contributed by atoms with Gasteiger partial charge in [0.15, 0.2) is 11.5 Å². The number of aromatic hydroxyl groups is 1. The third kappa shape index (κ3) is 4.84. The Bertz CT molecular complexity index is 1440. The molecule has 0 aliphatic rings. The number of non-ortho nitro benzene ring substituents is 1. The molecular weight excluding hydrogens is 519 g/mol. The Kier molecular flexibility index (Phi) is 6.20. The summed E-state index contributed by atoms with van der Waals surface area (Å²) in [6, 6.07) is 13.6. The fourth-order valence-electron chi connectivity index (χ4n) is 3.11. The molecule has 0 aliphatic heterocycles. The number of nitrogens with zero attached hydrogens (tertiary/aromatic N) is 3. The zero-order valence-corrected chi connectivity index (χ0v) is 18.5. The quantitative estimate of drug-likeness (QED) is 0.167. The van der Waals surface area contributed by atoms with Crippen LogP contribution in [0.15, 0.2) is 76.3 Å². The topological polar surface area (TPSA) is 97.9 Å². The van der Waals surface area contributed by atoms with Crippen molar-refractivity contribution < 1.29 is 27.9 Å². The van der Waals surface area contributed by atoms with E-state index >= 15 is 0 Å². The molecule has 1 N–H and O–H groups in total. The Hall–Kier alpha value is -3.99. The molecule has 1 heterocycles. The van der Waals surface area contributed by atoms with Crippen LogP contribution in [0.25, 0.3) is 10.9 Å². The maximum atomic E-state index is 13.3. The van der Waals surface area contributed by atoms with Crippen LogP contribution in [0.5, 0.6) is 17.2 Å². The molecule has 11 heteroatoms. The first-order valence-corrected chi connectivity index (χ1v) is 10.4. The van der Waals surface area contributed by atoms with Crippen LogP contribution in [0, 0.1) is 10.1 Å². The van der Waals surface area contributed by atoms with Crippen LogP contribution in [-0.2, 0) is 6.18 Å². The summed E-state index contributed by atoms with van der Waals surface area (Å²) in [5, 5.41) is 22.1. The number of nitro groups is 1. The number of halogens is 4. The number of fused-ring (bicyclic) bond motifs is 1. The molecule has 0 atom stereocenters. The molecule has 172 valence electrons. The summed E-state index contributed by atoms with van der Waals surface area (Å²) in [6.45, 7) is 0. The molecule has 0 spiro atoms. The SMILES string of the molecule is O=[N+]([O-])c1cc(Br)c(O)c(C=Nc2cc(C(F)(F)F)ccc2Oc2cccc3cccnc23)c1. The number of phenolic OH excluding ortho intramolecular Hbond substituents is 1. The first kappa shape index (κ1) is 23.2. The lowest BCUT2D eigenvalue weighted by atomic mass is 10.1. The van der Waals surface area contributed by atoms with E-state index < -0.39 is 16.7 Å². The third-order valence-corrected chi connectivity index (χ3v) is 5.34. The highest BCUT2D eigenvalue weighted by molar-refractivity contribution is 9.10. The van der Waals surface area contributed by atoms with Gasteiger partial charge in [0.05, 0.1) is 15.0 Å². The summed E-state index contributed by atoms with van der Waals surface area (Å²) in [5.41, 5.74) is -1.08. The van der Waals surface area contributed by atoms with Crippen molar-refractivity contribution in [1.29, 1.82) is 0 Å². The van der Waals surface area contributed by atoms with Crippen molar-refractivity contribution >= 4 is 44.4 Å². The van der Waals surface area contributed by atoms with Crippen LogP contribution in [0.2, 0.25) is 0 Å². The molecule has 4 aromatic rings. The second-order valence-electron chi connectivity index (χ2n) is 6.99. The Labute approximate surface area is 198 Å². The van der Waals surface area contributed by atoms with Crippen LogP contribution in [0.1, 0.15) is 11.1 Å². The van der Waals surface area contributed by atoms with Gasteiger partial charge < -0.3 is 9.84 Å². The summed E-state index contributed by atoms with van der Waals surface area (Å²) in [4.78, 5) is 18.8. The number of hydrogen-bond donors (Lipinski definition) is 1. The van der Waals surface area contributed by atoms with Crippen LogP contribution in [-0.4, -0.2) is 21.2 Å². The molecule has 34 heavy (non-hydrogen) atoms. The Morgan fingerprint density at radius 2 is 1.85 bits per heavy atom. The molecule has 4 rings (SSSR count). The van der Waals surface area contributed by atoms with E-state index in [0.29, 0.717) is 11.3 Å². The van der Waals surface area contributed by atoms with Crippen LogP contribution in [0.3, 0.4) is 0 Å². The third-order valence-electron chi connectivity index (χ3n) is 4.73. The monoisotopic (exact) mass is 531 g/mol. The number of pyridine rings is 1. The van der Waals surface area contributed by atoms with E-state index in [1.165, 1.54) is 0 Å². The number of alkyl halides is 3. The molecule has 0 amide bonds. The Balaban J connectivity index is 1.80. The molecule has 0 radical (unpaired) electrons. The number of rotatable bonds is 5. The summed E-state index contributed by atoms with van der Waals surface area (Å²) < 4.78 is 45.9. The minimum absolute atomic E-state index is 0.00797. The summed E-state index contributed by atoms with van der Waals surface area (Å²) in [5.74, 6) is -0.0660.